The molecule has 0 fully saturated rings. The summed E-state index contributed by atoms with van der Waals surface area (Å²) < 4.78 is 12.6. The SMILES string of the molecule is CCc1cc(F)ccc1C(=O)[O-]. The number of carboxylic acids is 1. The highest BCUT2D eigenvalue weighted by atomic mass is 19.1. The first-order valence-electron chi connectivity index (χ1n) is 3.65. The van der Waals surface area contributed by atoms with Crippen LogP contribution in [0.15, 0.2) is 18.2 Å². The third-order valence-electron chi connectivity index (χ3n) is 1.67. The van der Waals surface area contributed by atoms with Crippen molar-refractivity contribution in [2.75, 3.05) is 0 Å². The van der Waals surface area contributed by atoms with Crippen molar-refractivity contribution in [3.8, 4) is 0 Å². The van der Waals surface area contributed by atoms with Gasteiger partial charge in [-0.1, -0.05) is 6.92 Å². The van der Waals surface area contributed by atoms with Gasteiger partial charge in [-0.25, -0.2) is 4.39 Å². The van der Waals surface area contributed by atoms with Gasteiger partial charge in [0.15, 0.2) is 0 Å². The maximum Gasteiger partial charge on any atom is 0.123 e. The van der Waals surface area contributed by atoms with Crippen molar-refractivity contribution >= 4 is 5.97 Å². The minimum Gasteiger partial charge on any atom is -0.545 e. The van der Waals surface area contributed by atoms with Crippen LogP contribution >= 0.6 is 0 Å². The summed E-state index contributed by atoms with van der Waals surface area (Å²) >= 11 is 0. The second-order valence-electron chi connectivity index (χ2n) is 2.44. The molecule has 0 spiro atoms. The zero-order chi connectivity index (χ0) is 9.14. The van der Waals surface area contributed by atoms with Gasteiger partial charge in [-0.2, -0.15) is 0 Å². The van der Waals surface area contributed by atoms with Gasteiger partial charge < -0.3 is 9.90 Å². The van der Waals surface area contributed by atoms with E-state index in [9.17, 15) is 14.3 Å². The van der Waals surface area contributed by atoms with E-state index in [1.54, 1.807) is 6.92 Å². The predicted molar refractivity (Wildman–Crippen MR) is 40.1 cm³/mol. The van der Waals surface area contributed by atoms with Crippen LogP contribution in [0.3, 0.4) is 0 Å². The van der Waals surface area contributed by atoms with Gasteiger partial charge in [0.05, 0.1) is 5.97 Å². The zero-order valence-electron chi connectivity index (χ0n) is 6.63. The van der Waals surface area contributed by atoms with E-state index in [0.717, 1.165) is 6.07 Å². The summed E-state index contributed by atoms with van der Waals surface area (Å²) in [4.78, 5) is 10.5. The summed E-state index contributed by atoms with van der Waals surface area (Å²) in [5, 5.41) is 10.5. The molecule has 0 aromatic heterocycles. The molecule has 0 saturated heterocycles. The number of rotatable bonds is 2. The van der Waals surface area contributed by atoms with Crippen LogP contribution in [0.1, 0.15) is 22.8 Å². The van der Waals surface area contributed by atoms with Gasteiger partial charge in [0.25, 0.3) is 0 Å². The topological polar surface area (TPSA) is 40.1 Å². The van der Waals surface area contributed by atoms with Crippen molar-refractivity contribution in [2.24, 2.45) is 0 Å². The van der Waals surface area contributed by atoms with Crippen molar-refractivity contribution in [3.05, 3.63) is 35.1 Å². The number of aromatic carboxylic acids is 1. The number of carbonyl (C=O) groups excluding carboxylic acids is 1. The molecular weight excluding hydrogens is 159 g/mol. The van der Waals surface area contributed by atoms with Crippen LogP contribution in [0.2, 0.25) is 0 Å². The maximum atomic E-state index is 12.6. The summed E-state index contributed by atoms with van der Waals surface area (Å²) in [5.41, 5.74) is 0.536. The standard InChI is InChI=1S/C9H9FO2/c1-2-6-5-7(10)3-4-8(6)9(11)12/h3-5H,2H2,1H3,(H,11,12)/p-1. The Morgan fingerprint density at radius 3 is 2.75 bits per heavy atom. The second-order valence-corrected chi connectivity index (χ2v) is 2.44. The Balaban J connectivity index is 3.20. The zero-order valence-corrected chi connectivity index (χ0v) is 6.63. The molecule has 0 amide bonds. The summed E-state index contributed by atoms with van der Waals surface area (Å²) in [5.74, 6) is -1.68. The Labute approximate surface area is 69.6 Å². The van der Waals surface area contributed by atoms with Gasteiger partial charge in [0, 0.05) is 5.56 Å². The van der Waals surface area contributed by atoms with E-state index in [-0.39, 0.29) is 5.56 Å². The van der Waals surface area contributed by atoms with Gasteiger partial charge in [0.2, 0.25) is 0 Å². The number of hydrogen-bond acceptors (Lipinski definition) is 2. The van der Waals surface area contributed by atoms with E-state index in [2.05, 4.69) is 0 Å². The Bertz CT molecular complexity index is 307. The molecule has 2 nitrogen and oxygen atoms in total. The Morgan fingerprint density at radius 1 is 1.58 bits per heavy atom. The summed E-state index contributed by atoms with van der Waals surface area (Å²) in [6, 6.07) is 3.55. The van der Waals surface area contributed by atoms with Crippen molar-refractivity contribution in [1.29, 1.82) is 0 Å². The highest BCUT2D eigenvalue weighted by Gasteiger charge is 2.02. The minimum absolute atomic E-state index is 0.0684. The summed E-state index contributed by atoms with van der Waals surface area (Å²) in [6.45, 7) is 1.77. The smallest absolute Gasteiger partial charge is 0.123 e. The summed E-state index contributed by atoms with van der Waals surface area (Å²) in [7, 11) is 0. The first-order valence-corrected chi connectivity index (χ1v) is 3.65. The van der Waals surface area contributed by atoms with Gasteiger partial charge in [0.1, 0.15) is 5.82 Å². The molecule has 1 aromatic carbocycles. The number of halogens is 1. The lowest BCUT2D eigenvalue weighted by Crippen LogP contribution is -2.23. The number of carboxylic acid groups (broad SMARTS) is 1. The molecule has 1 aromatic rings. The molecule has 0 heterocycles. The quantitative estimate of drug-likeness (QED) is 0.652. The average molecular weight is 167 g/mol. The second kappa shape index (κ2) is 3.34. The molecule has 12 heavy (non-hydrogen) atoms. The van der Waals surface area contributed by atoms with Crippen LogP contribution in [0, 0.1) is 5.82 Å². The van der Waals surface area contributed by atoms with Crippen LogP contribution in [-0.4, -0.2) is 5.97 Å². The summed E-state index contributed by atoms with van der Waals surface area (Å²) in [6.07, 6.45) is 0.487. The molecule has 3 heteroatoms. The molecule has 0 radical (unpaired) electrons. The first-order chi connectivity index (χ1) is 5.65. The van der Waals surface area contributed by atoms with Crippen molar-refractivity contribution in [1.82, 2.24) is 0 Å². The fraction of sp³-hybridized carbons (Fsp3) is 0.222. The van der Waals surface area contributed by atoms with Gasteiger partial charge in [-0.3, -0.25) is 0 Å². The third kappa shape index (κ3) is 1.61. The average Bonchev–Trinajstić information content (AvgIpc) is 2.03. The molecule has 0 bridgehead atoms. The molecule has 0 N–H and O–H groups in total. The molecule has 0 aliphatic rings. The van der Waals surface area contributed by atoms with Gasteiger partial charge in [-0.15, -0.1) is 0 Å². The van der Waals surface area contributed by atoms with Crippen LogP contribution in [-0.2, 0) is 6.42 Å². The number of benzene rings is 1. The Morgan fingerprint density at radius 2 is 2.25 bits per heavy atom. The number of hydrogen-bond donors (Lipinski definition) is 0. The minimum atomic E-state index is -1.26. The highest BCUT2D eigenvalue weighted by molar-refractivity contribution is 5.87. The predicted octanol–water partition coefficient (Wildman–Crippen LogP) is 0.752. The van der Waals surface area contributed by atoms with E-state index in [1.165, 1.54) is 12.1 Å². The molecule has 0 atom stereocenters. The lowest BCUT2D eigenvalue weighted by atomic mass is 10.1. The fourth-order valence-corrected chi connectivity index (χ4v) is 1.05. The molecule has 64 valence electrons. The normalized spacial score (nSPS) is 9.83. The van der Waals surface area contributed by atoms with Crippen LogP contribution in [0.4, 0.5) is 4.39 Å². The lowest BCUT2D eigenvalue weighted by Gasteiger charge is -2.07. The van der Waals surface area contributed by atoms with Crippen molar-refractivity contribution < 1.29 is 14.3 Å². The van der Waals surface area contributed by atoms with E-state index in [0.29, 0.717) is 12.0 Å². The molecule has 0 aliphatic carbocycles. The van der Waals surface area contributed by atoms with Crippen molar-refractivity contribution in [2.45, 2.75) is 13.3 Å². The largest absolute Gasteiger partial charge is 0.545 e. The van der Waals surface area contributed by atoms with Gasteiger partial charge in [-0.05, 0) is 30.2 Å². The molecule has 1 rings (SSSR count). The molecule has 0 unspecified atom stereocenters. The monoisotopic (exact) mass is 167 g/mol. The fourth-order valence-electron chi connectivity index (χ4n) is 1.05. The van der Waals surface area contributed by atoms with Crippen LogP contribution in [0.25, 0.3) is 0 Å². The van der Waals surface area contributed by atoms with Crippen LogP contribution < -0.4 is 5.11 Å². The van der Waals surface area contributed by atoms with E-state index in [1.807, 2.05) is 0 Å². The first kappa shape index (κ1) is 8.71. The maximum absolute atomic E-state index is 12.6. The highest BCUT2D eigenvalue weighted by Crippen LogP contribution is 2.10. The van der Waals surface area contributed by atoms with E-state index in [4.69, 9.17) is 0 Å². The van der Waals surface area contributed by atoms with E-state index < -0.39 is 11.8 Å². The van der Waals surface area contributed by atoms with Crippen molar-refractivity contribution in [3.63, 3.8) is 0 Å². The lowest BCUT2D eigenvalue weighted by molar-refractivity contribution is -0.255. The molecule has 0 saturated carbocycles. The Kier molecular flexibility index (Phi) is 2.43. The van der Waals surface area contributed by atoms with E-state index >= 15 is 0 Å². The number of aryl methyl sites for hydroxylation is 1. The Hall–Kier alpha value is -1.38. The number of carbonyl (C=O) groups is 1. The molecular formula is C9H8FO2-. The van der Waals surface area contributed by atoms with Crippen LogP contribution in [0.5, 0.6) is 0 Å². The molecule has 0 aliphatic heterocycles. The van der Waals surface area contributed by atoms with Gasteiger partial charge >= 0.3 is 0 Å². The third-order valence-corrected chi connectivity index (χ3v) is 1.67.